The van der Waals surface area contributed by atoms with Gasteiger partial charge in [-0.15, -0.1) is 0 Å². The summed E-state index contributed by atoms with van der Waals surface area (Å²) in [6.45, 7) is 3.34. The maximum Gasteiger partial charge on any atom is 0.321 e. The molecule has 0 atom stereocenters. The van der Waals surface area contributed by atoms with E-state index >= 15 is 0 Å². The van der Waals surface area contributed by atoms with E-state index in [4.69, 9.17) is 16.3 Å². The Morgan fingerprint density at radius 2 is 1.96 bits per heavy atom. The quantitative estimate of drug-likeness (QED) is 0.880. The second kappa shape index (κ2) is 8.38. The fraction of sp³-hybridized carbons (Fsp3) is 0.316. The summed E-state index contributed by atoms with van der Waals surface area (Å²) in [7, 11) is 1.45. The maximum atomic E-state index is 13.8. The van der Waals surface area contributed by atoms with Crippen molar-refractivity contribution in [3.63, 3.8) is 0 Å². The molecule has 0 unspecified atom stereocenters. The molecule has 0 bridgehead atoms. The fourth-order valence-electron chi connectivity index (χ4n) is 2.94. The molecule has 7 heteroatoms. The van der Waals surface area contributed by atoms with Crippen LogP contribution in [0, 0.1) is 5.82 Å². The van der Waals surface area contributed by atoms with Gasteiger partial charge in [0.15, 0.2) is 11.6 Å². The molecule has 26 heavy (non-hydrogen) atoms. The van der Waals surface area contributed by atoms with Crippen molar-refractivity contribution in [2.75, 3.05) is 38.6 Å². The molecule has 1 N–H and O–H groups in total. The summed E-state index contributed by atoms with van der Waals surface area (Å²) in [6, 6.07) is 11.9. The second-order valence-corrected chi connectivity index (χ2v) is 6.61. The van der Waals surface area contributed by atoms with Crippen LogP contribution in [-0.2, 0) is 6.54 Å². The van der Waals surface area contributed by atoms with Crippen LogP contribution >= 0.6 is 11.6 Å². The highest BCUT2D eigenvalue weighted by atomic mass is 35.5. The highest BCUT2D eigenvalue weighted by Crippen LogP contribution is 2.19. The molecule has 2 amide bonds. The van der Waals surface area contributed by atoms with Gasteiger partial charge in [0, 0.05) is 43.4 Å². The molecule has 0 spiro atoms. The molecule has 138 valence electrons. The molecule has 1 saturated heterocycles. The first-order chi connectivity index (χ1) is 12.5. The molecule has 0 saturated carbocycles. The number of urea groups is 1. The van der Waals surface area contributed by atoms with Gasteiger partial charge >= 0.3 is 6.03 Å². The van der Waals surface area contributed by atoms with Crippen LogP contribution in [0.3, 0.4) is 0 Å². The lowest BCUT2D eigenvalue weighted by molar-refractivity contribution is 0.143. The number of nitrogens with one attached hydrogen (secondary N) is 1. The molecular formula is C19H21ClFN3O2. The zero-order valence-electron chi connectivity index (χ0n) is 14.5. The Kier molecular flexibility index (Phi) is 5.96. The standard InChI is InChI=1S/C19H21ClFN3O2/c1-26-18-6-5-14(11-17(18)21)13-23-7-9-24(10-8-23)19(25)22-16-4-2-3-15(20)12-16/h2-6,11-12H,7-10,13H2,1H3,(H,22,25). The van der Waals surface area contributed by atoms with E-state index in [1.165, 1.54) is 13.2 Å². The van der Waals surface area contributed by atoms with Crippen LogP contribution in [0.5, 0.6) is 5.75 Å². The van der Waals surface area contributed by atoms with Crippen molar-refractivity contribution < 1.29 is 13.9 Å². The summed E-state index contributed by atoms with van der Waals surface area (Å²) >= 11 is 5.93. The normalized spacial score (nSPS) is 15.0. The first-order valence-electron chi connectivity index (χ1n) is 8.41. The number of hydrogen-bond donors (Lipinski definition) is 1. The molecule has 5 nitrogen and oxygen atoms in total. The van der Waals surface area contributed by atoms with Crippen LogP contribution in [0.2, 0.25) is 5.02 Å². The van der Waals surface area contributed by atoms with E-state index in [0.717, 1.165) is 18.7 Å². The Balaban J connectivity index is 1.50. The van der Waals surface area contributed by atoms with E-state index in [0.29, 0.717) is 30.3 Å². The number of benzene rings is 2. The highest BCUT2D eigenvalue weighted by Gasteiger charge is 2.21. The van der Waals surface area contributed by atoms with Crippen LogP contribution < -0.4 is 10.1 Å². The van der Waals surface area contributed by atoms with Gasteiger partial charge in [-0.25, -0.2) is 9.18 Å². The number of ether oxygens (including phenoxy) is 1. The van der Waals surface area contributed by atoms with Crippen LogP contribution in [0.4, 0.5) is 14.9 Å². The zero-order valence-corrected chi connectivity index (χ0v) is 15.3. The van der Waals surface area contributed by atoms with Gasteiger partial charge < -0.3 is 15.0 Å². The van der Waals surface area contributed by atoms with Gasteiger partial charge in [-0.05, 0) is 35.9 Å². The lowest BCUT2D eigenvalue weighted by Crippen LogP contribution is -2.49. The fourth-order valence-corrected chi connectivity index (χ4v) is 3.13. The van der Waals surface area contributed by atoms with E-state index in [1.807, 2.05) is 6.07 Å². The minimum atomic E-state index is -0.357. The Morgan fingerprint density at radius 3 is 2.62 bits per heavy atom. The minimum Gasteiger partial charge on any atom is -0.494 e. The van der Waals surface area contributed by atoms with Gasteiger partial charge in [0.1, 0.15) is 0 Å². The molecule has 1 aliphatic rings. The number of rotatable bonds is 4. The smallest absolute Gasteiger partial charge is 0.321 e. The lowest BCUT2D eigenvalue weighted by Gasteiger charge is -2.34. The van der Waals surface area contributed by atoms with Crippen molar-refractivity contribution >= 4 is 23.3 Å². The van der Waals surface area contributed by atoms with Gasteiger partial charge in [0.2, 0.25) is 0 Å². The molecule has 2 aromatic rings. The summed E-state index contributed by atoms with van der Waals surface area (Å²) in [5.41, 5.74) is 1.57. The van der Waals surface area contributed by atoms with Crippen LogP contribution in [0.1, 0.15) is 5.56 Å². The van der Waals surface area contributed by atoms with Crippen molar-refractivity contribution in [3.8, 4) is 5.75 Å². The maximum absolute atomic E-state index is 13.8. The Labute approximate surface area is 157 Å². The molecular weight excluding hydrogens is 357 g/mol. The second-order valence-electron chi connectivity index (χ2n) is 6.17. The average Bonchev–Trinajstić information content (AvgIpc) is 2.62. The van der Waals surface area contributed by atoms with Crippen molar-refractivity contribution in [2.24, 2.45) is 0 Å². The van der Waals surface area contributed by atoms with Crippen LogP contribution in [0.25, 0.3) is 0 Å². The number of nitrogens with zero attached hydrogens (tertiary/aromatic N) is 2. The third-order valence-corrected chi connectivity index (χ3v) is 4.59. The van der Waals surface area contributed by atoms with Gasteiger partial charge in [0.25, 0.3) is 0 Å². The number of carbonyl (C=O) groups excluding carboxylic acids is 1. The summed E-state index contributed by atoms with van der Waals surface area (Å²) in [5, 5.41) is 3.44. The van der Waals surface area contributed by atoms with Crippen molar-refractivity contribution in [1.29, 1.82) is 0 Å². The Morgan fingerprint density at radius 1 is 1.19 bits per heavy atom. The molecule has 3 rings (SSSR count). The number of amides is 2. The Hall–Kier alpha value is -2.31. The number of anilines is 1. The monoisotopic (exact) mass is 377 g/mol. The van der Waals surface area contributed by atoms with E-state index in [9.17, 15) is 9.18 Å². The molecule has 2 aromatic carbocycles. The van der Waals surface area contributed by atoms with Gasteiger partial charge in [-0.1, -0.05) is 23.7 Å². The molecule has 1 fully saturated rings. The molecule has 1 aliphatic heterocycles. The molecule has 0 aliphatic carbocycles. The van der Waals surface area contributed by atoms with Crippen molar-refractivity contribution in [2.45, 2.75) is 6.54 Å². The minimum absolute atomic E-state index is 0.137. The number of methoxy groups -OCH3 is 1. The summed E-state index contributed by atoms with van der Waals surface area (Å²) in [5.74, 6) is -0.110. The third kappa shape index (κ3) is 4.65. The van der Waals surface area contributed by atoms with Crippen molar-refractivity contribution in [3.05, 3.63) is 58.9 Å². The number of carbonyl (C=O) groups is 1. The largest absolute Gasteiger partial charge is 0.494 e. The molecule has 0 aromatic heterocycles. The Bertz CT molecular complexity index is 779. The zero-order chi connectivity index (χ0) is 18.5. The van der Waals surface area contributed by atoms with Gasteiger partial charge in [0.05, 0.1) is 7.11 Å². The molecule has 0 radical (unpaired) electrons. The number of piperazine rings is 1. The van der Waals surface area contributed by atoms with Gasteiger partial charge in [-0.3, -0.25) is 4.90 Å². The van der Waals surface area contributed by atoms with Gasteiger partial charge in [-0.2, -0.15) is 0 Å². The topological polar surface area (TPSA) is 44.8 Å². The third-order valence-electron chi connectivity index (χ3n) is 4.36. The SMILES string of the molecule is COc1ccc(CN2CCN(C(=O)Nc3cccc(Cl)c3)CC2)cc1F. The predicted octanol–water partition coefficient (Wildman–Crippen LogP) is 3.84. The highest BCUT2D eigenvalue weighted by molar-refractivity contribution is 6.30. The summed E-state index contributed by atoms with van der Waals surface area (Å²) in [4.78, 5) is 16.3. The molecule has 1 heterocycles. The van der Waals surface area contributed by atoms with E-state index < -0.39 is 0 Å². The first-order valence-corrected chi connectivity index (χ1v) is 8.79. The summed E-state index contributed by atoms with van der Waals surface area (Å²) in [6.07, 6.45) is 0. The predicted molar refractivity (Wildman–Crippen MR) is 100 cm³/mol. The lowest BCUT2D eigenvalue weighted by atomic mass is 10.2. The van der Waals surface area contributed by atoms with E-state index in [1.54, 1.807) is 35.2 Å². The van der Waals surface area contributed by atoms with Crippen molar-refractivity contribution in [1.82, 2.24) is 9.80 Å². The number of hydrogen-bond acceptors (Lipinski definition) is 3. The van der Waals surface area contributed by atoms with Crippen LogP contribution in [0.15, 0.2) is 42.5 Å². The first kappa shape index (κ1) is 18.5. The average molecular weight is 378 g/mol. The van der Waals surface area contributed by atoms with Crippen LogP contribution in [-0.4, -0.2) is 49.1 Å². The number of halogens is 2. The van der Waals surface area contributed by atoms with E-state index in [-0.39, 0.29) is 17.6 Å². The van der Waals surface area contributed by atoms with E-state index in [2.05, 4.69) is 10.2 Å². The summed E-state index contributed by atoms with van der Waals surface area (Å²) < 4.78 is 18.7.